The van der Waals surface area contributed by atoms with Crippen LogP contribution < -0.4 is 11.2 Å². The summed E-state index contributed by atoms with van der Waals surface area (Å²) in [6.07, 6.45) is 2.90. The molecular formula is C12H15N3O. The second-order valence-electron chi connectivity index (χ2n) is 6.35. The highest BCUT2D eigenvalue weighted by Gasteiger charge is 2.79. The Labute approximate surface area is 93.6 Å². The average molecular weight is 217 g/mol. The SMILES string of the molecule is NC(=O)NN=C1C2C3CC4C1C1C2CC3C41. The van der Waals surface area contributed by atoms with Crippen LogP contribution in [0.15, 0.2) is 5.10 Å². The van der Waals surface area contributed by atoms with Gasteiger partial charge < -0.3 is 5.73 Å². The number of carbonyl (C=O) groups excluding carboxylic acids is 1. The molecule has 0 radical (unpaired) electrons. The van der Waals surface area contributed by atoms with Crippen LogP contribution >= 0.6 is 0 Å². The number of carbonyl (C=O) groups is 1. The zero-order valence-corrected chi connectivity index (χ0v) is 8.97. The molecule has 5 saturated carbocycles. The van der Waals surface area contributed by atoms with Crippen molar-refractivity contribution >= 4 is 11.7 Å². The van der Waals surface area contributed by atoms with Crippen LogP contribution in [0.2, 0.25) is 0 Å². The van der Waals surface area contributed by atoms with Gasteiger partial charge in [-0.25, -0.2) is 10.2 Å². The van der Waals surface area contributed by atoms with Crippen LogP contribution in [-0.2, 0) is 0 Å². The lowest BCUT2D eigenvalue weighted by Crippen LogP contribution is -2.44. The first-order valence-electron chi connectivity index (χ1n) is 6.40. The molecule has 4 nitrogen and oxygen atoms in total. The summed E-state index contributed by atoms with van der Waals surface area (Å²) >= 11 is 0. The van der Waals surface area contributed by atoms with Crippen LogP contribution in [0, 0.1) is 47.3 Å². The second kappa shape index (κ2) is 2.15. The fourth-order valence-electron chi connectivity index (χ4n) is 6.40. The van der Waals surface area contributed by atoms with Crippen molar-refractivity contribution in [3.05, 3.63) is 0 Å². The lowest BCUT2D eigenvalue weighted by molar-refractivity contribution is 0.0503. The van der Waals surface area contributed by atoms with Crippen molar-refractivity contribution in [3.63, 3.8) is 0 Å². The maximum Gasteiger partial charge on any atom is 0.332 e. The van der Waals surface area contributed by atoms with Gasteiger partial charge in [0, 0.05) is 17.5 Å². The third kappa shape index (κ3) is 0.590. The first-order chi connectivity index (χ1) is 7.77. The van der Waals surface area contributed by atoms with Crippen molar-refractivity contribution in [1.82, 2.24) is 5.43 Å². The van der Waals surface area contributed by atoms with Gasteiger partial charge in [-0.1, -0.05) is 0 Å². The van der Waals surface area contributed by atoms with Gasteiger partial charge in [0.15, 0.2) is 0 Å². The average Bonchev–Trinajstić information content (AvgIpc) is 2.72. The van der Waals surface area contributed by atoms with Gasteiger partial charge in [-0.2, -0.15) is 5.10 Å². The van der Waals surface area contributed by atoms with E-state index in [0.29, 0.717) is 5.92 Å². The van der Waals surface area contributed by atoms with Gasteiger partial charge in [-0.05, 0) is 48.3 Å². The van der Waals surface area contributed by atoms with Gasteiger partial charge in [0.1, 0.15) is 0 Å². The summed E-state index contributed by atoms with van der Waals surface area (Å²) in [5.41, 5.74) is 8.87. The second-order valence-corrected chi connectivity index (χ2v) is 6.35. The van der Waals surface area contributed by atoms with E-state index in [4.69, 9.17) is 5.73 Å². The molecular weight excluding hydrogens is 202 g/mol. The standard InChI is InChI=1S/C12H15N3O/c13-12(16)15-14-11-8-4-2-5-7-3(4)1-6(8)9(7)10(5)11/h3-10H,1-2H2,(H3,13,15,16). The quantitative estimate of drug-likeness (QED) is 0.626. The fraction of sp³-hybridized carbons (Fsp3) is 0.833. The highest BCUT2D eigenvalue weighted by molar-refractivity contribution is 5.96. The summed E-state index contributed by atoms with van der Waals surface area (Å²) in [6.45, 7) is 0. The van der Waals surface area contributed by atoms with Crippen LogP contribution in [0.3, 0.4) is 0 Å². The summed E-state index contributed by atoms with van der Waals surface area (Å²) in [5.74, 6) is 7.16. The molecule has 0 aliphatic heterocycles. The monoisotopic (exact) mass is 217 g/mol. The molecule has 5 aliphatic carbocycles. The highest BCUT2D eigenvalue weighted by Crippen LogP contribution is 2.81. The predicted octanol–water partition coefficient (Wildman–Crippen LogP) is 0.788. The third-order valence-electron chi connectivity index (χ3n) is 6.34. The number of fused-ring (bicyclic) bond motifs is 2. The number of hydrazone groups is 1. The Morgan fingerprint density at radius 3 is 2.69 bits per heavy atom. The van der Waals surface area contributed by atoms with E-state index < -0.39 is 6.03 Å². The van der Waals surface area contributed by atoms with E-state index in [-0.39, 0.29) is 0 Å². The van der Waals surface area contributed by atoms with Gasteiger partial charge in [0.25, 0.3) is 0 Å². The molecule has 2 bridgehead atoms. The van der Waals surface area contributed by atoms with E-state index in [9.17, 15) is 4.79 Å². The Morgan fingerprint density at radius 1 is 1.12 bits per heavy atom. The summed E-state index contributed by atoms with van der Waals surface area (Å²) in [6, 6.07) is -0.522. The molecule has 0 aromatic carbocycles. The largest absolute Gasteiger partial charge is 0.350 e. The molecule has 4 heteroatoms. The number of nitrogens with two attached hydrogens (primary N) is 1. The molecule has 0 saturated heterocycles. The van der Waals surface area contributed by atoms with Gasteiger partial charge in [0.05, 0.1) is 0 Å². The summed E-state index contributed by atoms with van der Waals surface area (Å²) < 4.78 is 0. The van der Waals surface area contributed by atoms with E-state index in [1.165, 1.54) is 18.6 Å². The number of urea groups is 1. The molecule has 5 fully saturated rings. The Morgan fingerprint density at radius 2 is 1.88 bits per heavy atom. The molecule has 3 N–H and O–H groups in total. The molecule has 0 heterocycles. The molecule has 8 atom stereocenters. The topological polar surface area (TPSA) is 67.5 Å². The maximum absolute atomic E-state index is 10.8. The van der Waals surface area contributed by atoms with Gasteiger partial charge >= 0.3 is 6.03 Å². The number of rotatable bonds is 1. The lowest BCUT2D eigenvalue weighted by Gasteiger charge is -2.44. The van der Waals surface area contributed by atoms with E-state index in [1.807, 2.05) is 0 Å². The third-order valence-corrected chi connectivity index (χ3v) is 6.34. The van der Waals surface area contributed by atoms with Crippen molar-refractivity contribution in [2.75, 3.05) is 0 Å². The van der Waals surface area contributed by atoms with Gasteiger partial charge in [0.2, 0.25) is 0 Å². The number of nitrogens with zero attached hydrogens (tertiary/aromatic N) is 1. The van der Waals surface area contributed by atoms with E-state index >= 15 is 0 Å². The highest BCUT2D eigenvalue weighted by atomic mass is 16.2. The number of primary amides is 1. The number of amides is 2. The van der Waals surface area contributed by atoms with Crippen molar-refractivity contribution in [2.45, 2.75) is 12.8 Å². The zero-order valence-electron chi connectivity index (χ0n) is 8.97. The minimum Gasteiger partial charge on any atom is -0.350 e. The molecule has 16 heavy (non-hydrogen) atoms. The van der Waals surface area contributed by atoms with Crippen LogP contribution in [0.4, 0.5) is 4.79 Å². The first kappa shape index (κ1) is 8.09. The molecule has 2 amide bonds. The maximum atomic E-state index is 10.8. The Balaban J connectivity index is 1.60. The Bertz CT molecular complexity index is 440. The first-order valence-corrected chi connectivity index (χ1v) is 6.40. The number of nitrogens with one attached hydrogen (secondary N) is 1. The van der Waals surface area contributed by atoms with Crippen molar-refractivity contribution in [2.24, 2.45) is 58.2 Å². The Hall–Kier alpha value is -1.06. The summed E-state index contributed by atoms with van der Waals surface area (Å²) in [7, 11) is 0. The number of hydrogen-bond acceptors (Lipinski definition) is 2. The lowest BCUT2D eigenvalue weighted by atomic mass is 9.59. The van der Waals surface area contributed by atoms with E-state index in [1.54, 1.807) is 0 Å². The van der Waals surface area contributed by atoms with Crippen molar-refractivity contribution in [1.29, 1.82) is 0 Å². The molecule has 0 spiro atoms. The van der Waals surface area contributed by atoms with Crippen LogP contribution in [-0.4, -0.2) is 11.7 Å². The van der Waals surface area contributed by atoms with Crippen molar-refractivity contribution < 1.29 is 4.79 Å². The molecule has 0 aromatic rings. The predicted molar refractivity (Wildman–Crippen MR) is 57.3 cm³/mol. The van der Waals surface area contributed by atoms with Crippen LogP contribution in [0.1, 0.15) is 12.8 Å². The minimum absolute atomic E-state index is 0.522. The van der Waals surface area contributed by atoms with Crippen LogP contribution in [0.5, 0.6) is 0 Å². The summed E-state index contributed by atoms with van der Waals surface area (Å²) in [4.78, 5) is 10.8. The minimum atomic E-state index is -0.522. The smallest absolute Gasteiger partial charge is 0.332 e. The van der Waals surface area contributed by atoms with Gasteiger partial charge in [-0.15, -0.1) is 0 Å². The number of hydrogen-bond donors (Lipinski definition) is 2. The fourth-order valence-corrected chi connectivity index (χ4v) is 6.40. The molecule has 5 aliphatic rings. The van der Waals surface area contributed by atoms with E-state index in [2.05, 4.69) is 10.5 Å². The zero-order chi connectivity index (χ0) is 10.6. The van der Waals surface area contributed by atoms with Crippen molar-refractivity contribution in [3.8, 4) is 0 Å². The summed E-state index contributed by atoms with van der Waals surface area (Å²) in [5, 5.41) is 4.33. The Kier molecular flexibility index (Phi) is 1.09. The van der Waals surface area contributed by atoms with E-state index in [0.717, 1.165) is 41.4 Å². The molecule has 0 aromatic heterocycles. The van der Waals surface area contributed by atoms with Crippen LogP contribution in [0.25, 0.3) is 0 Å². The normalized spacial score (nSPS) is 64.4. The molecule has 8 unspecified atom stereocenters. The molecule has 5 rings (SSSR count). The van der Waals surface area contributed by atoms with Gasteiger partial charge in [-0.3, -0.25) is 0 Å². The molecule has 84 valence electrons.